The van der Waals surface area contributed by atoms with Crippen LogP contribution in [0.3, 0.4) is 0 Å². The number of rotatable bonds is 2. The third-order valence-corrected chi connectivity index (χ3v) is 2.57. The lowest BCUT2D eigenvalue weighted by molar-refractivity contribution is 0.946. The van der Waals surface area contributed by atoms with Crippen LogP contribution in [-0.4, -0.2) is 26.6 Å². The van der Waals surface area contributed by atoms with Crippen molar-refractivity contribution in [2.24, 2.45) is 0 Å². The molecular weight excluding hydrogens is 214 g/mol. The smallest absolute Gasteiger partial charge is 0.157 e. The number of nitrogens with zero attached hydrogens (tertiary/aromatic N) is 4. The second-order valence-corrected chi connectivity index (χ2v) is 3.62. The van der Waals surface area contributed by atoms with E-state index < -0.39 is 0 Å². The third-order valence-electron chi connectivity index (χ3n) is 2.57. The van der Waals surface area contributed by atoms with Crippen molar-refractivity contribution in [2.75, 3.05) is 12.4 Å². The number of hydrogen-bond donors (Lipinski definition) is 1. The largest absolute Gasteiger partial charge is 0.373 e. The fourth-order valence-electron chi connectivity index (χ4n) is 1.74. The first-order valence-electron chi connectivity index (χ1n) is 5.31. The SMILES string of the molecule is CNc1ccnc2cc(-c3cccnc3)nn12. The number of pyridine rings is 1. The molecule has 0 atom stereocenters. The van der Waals surface area contributed by atoms with Crippen LogP contribution in [-0.2, 0) is 0 Å². The Morgan fingerprint density at radius 2 is 2.18 bits per heavy atom. The predicted octanol–water partition coefficient (Wildman–Crippen LogP) is 1.83. The number of aromatic nitrogens is 4. The number of nitrogens with one attached hydrogen (secondary N) is 1. The Bertz CT molecular complexity index is 644. The summed E-state index contributed by atoms with van der Waals surface area (Å²) in [7, 11) is 1.86. The molecule has 5 heteroatoms. The normalized spacial score (nSPS) is 10.6. The van der Waals surface area contributed by atoms with Crippen LogP contribution in [0.25, 0.3) is 16.9 Å². The third kappa shape index (κ3) is 1.61. The Kier molecular flexibility index (Phi) is 2.22. The summed E-state index contributed by atoms with van der Waals surface area (Å²) in [4.78, 5) is 8.36. The standard InChI is InChI=1S/C12H11N5/c1-13-11-4-6-15-12-7-10(16-17(11)12)9-3-2-5-14-8-9/h2-8,13H,1H3. The Morgan fingerprint density at radius 1 is 1.24 bits per heavy atom. The van der Waals surface area contributed by atoms with Crippen LogP contribution in [0.4, 0.5) is 5.82 Å². The zero-order chi connectivity index (χ0) is 11.7. The lowest BCUT2D eigenvalue weighted by atomic mass is 10.2. The lowest BCUT2D eigenvalue weighted by Gasteiger charge is -2.01. The van der Waals surface area contributed by atoms with Crippen molar-refractivity contribution in [1.82, 2.24) is 19.6 Å². The second-order valence-electron chi connectivity index (χ2n) is 3.62. The van der Waals surface area contributed by atoms with Crippen molar-refractivity contribution in [2.45, 2.75) is 0 Å². The first-order chi connectivity index (χ1) is 8.38. The quantitative estimate of drug-likeness (QED) is 0.723. The number of fused-ring (bicyclic) bond motifs is 1. The van der Waals surface area contributed by atoms with Crippen molar-refractivity contribution in [3.8, 4) is 11.3 Å². The van der Waals surface area contributed by atoms with Gasteiger partial charge in [0.15, 0.2) is 5.65 Å². The van der Waals surface area contributed by atoms with Gasteiger partial charge in [0.2, 0.25) is 0 Å². The average Bonchev–Trinajstić information content (AvgIpc) is 2.83. The van der Waals surface area contributed by atoms with Gasteiger partial charge in [-0.2, -0.15) is 9.61 Å². The van der Waals surface area contributed by atoms with Crippen LogP contribution in [0, 0.1) is 0 Å². The van der Waals surface area contributed by atoms with Gasteiger partial charge in [-0.1, -0.05) is 0 Å². The molecule has 84 valence electrons. The van der Waals surface area contributed by atoms with E-state index >= 15 is 0 Å². The zero-order valence-electron chi connectivity index (χ0n) is 9.33. The molecule has 3 aromatic heterocycles. The molecule has 0 aliphatic rings. The van der Waals surface area contributed by atoms with Gasteiger partial charge in [-0.3, -0.25) is 4.98 Å². The van der Waals surface area contributed by atoms with Crippen LogP contribution in [0.5, 0.6) is 0 Å². The summed E-state index contributed by atoms with van der Waals surface area (Å²) in [5.74, 6) is 0.908. The summed E-state index contributed by atoms with van der Waals surface area (Å²) in [5, 5.41) is 7.59. The Balaban J connectivity index is 2.20. The molecule has 5 nitrogen and oxygen atoms in total. The molecule has 3 aromatic rings. The zero-order valence-corrected chi connectivity index (χ0v) is 9.33. The van der Waals surface area contributed by atoms with E-state index in [9.17, 15) is 0 Å². The fourth-order valence-corrected chi connectivity index (χ4v) is 1.74. The minimum absolute atomic E-state index is 0.815. The molecule has 3 rings (SSSR count). The molecule has 17 heavy (non-hydrogen) atoms. The molecule has 0 bridgehead atoms. The molecule has 0 fully saturated rings. The maximum atomic E-state index is 4.51. The molecule has 1 N–H and O–H groups in total. The van der Waals surface area contributed by atoms with Gasteiger partial charge >= 0.3 is 0 Å². The van der Waals surface area contributed by atoms with E-state index in [1.807, 2.05) is 31.3 Å². The molecule has 0 aliphatic carbocycles. The number of hydrogen-bond acceptors (Lipinski definition) is 4. The predicted molar refractivity (Wildman–Crippen MR) is 65.8 cm³/mol. The van der Waals surface area contributed by atoms with E-state index in [0.717, 1.165) is 22.7 Å². The maximum absolute atomic E-state index is 4.51. The van der Waals surface area contributed by atoms with Crippen LogP contribution >= 0.6 is 0 Å². The van der Waals surface area contributed by atoms with Crippen LogP contribution < -0.4 is 5.32 Å². The van der Waals surface area contributed by atoms with E-state index in [1.165, 1.54) is 0 Å². The van der Waals surface area contributed by atoms with Gasteiger partial charge in [0, 0.05) is 37.3 Å². The van der Waals surface area contributed by atoms with E-state index in [2.05, 4.69) is 20.4 Å². The van der Waals surface area contributed by atoms with Gasteiger partial charge in [0.1, 0.15) is 5.82 Å². The summed E-state index contributed by atoms with van der Waals surface area (Å²) in [6.45, 7) is 0. The van der Waals surface area contributed by atoms with Crippen LogP contribution in [0.15, 0.2) is 42.9 Å². The summed E-state index contributed by atoms with van der Waals surface area (Å²) in [6.07, 6.45) is 5.30. The Labute approximate surface area is 98.1 Å². The summed E-state index contributed by atoms with van der Waals surface area (Å²) in [5.41, 5.74) is 2.67. The molecule has 0 aliphatic heterocycles. The van der Waals surface area contributed by atoms with Crippen LogP contribution in [0.2, 0.25) is 0 Å². The molecule has 3 heterocycles. The molecular formula is C12H11N5. The van der Waals surface area contributed by atoms with Crippen molar-refractivity contribution in [1.29, 1.82) is 0 Å². The van der Waals surface area contributed by atoms with Gasteiger partial charge < -0.3 is 5.32 Å². The highest BCUT2D eigenvalue weighted by Gasteiger charge is 2.07. The summed E-state index contributed by atoms with van der Waals surface area (Å²) >= 11 is 0. The highest BCUT2D eigenvalue weighted by molar-refractivity contribution is 5.64. The topological polar surface area (TPSA) is 55.1 Å². The molecule has 0 amide bonds. The lowest BCUT2D eigenvalue weighted by Crippen LogP contribution is -1.99. The molecule has 0 radical (unpaired) electrons. The maximum Gasteiger partial charge on any atom is 0.157 e. The molecule has 0 aromatic carbocycles. The van der Waals surface area contributed by atoms with Gasteiger partial charge in [-0.25, -0.2) is 4.98 Å². The Hall–Kier alpha value is -2.43. The van der Waals surface area contributed by atoms with Crippen molar-refractivity contribution < 1.29 is 0 Å². The van der Waals surface area contributed by atoms with E-state index in [1.54, 1.807) is 23.1 Å². The highest BCUT2D eigenvalue weighted by atomic mass is 15.3. The first-order valence-corrected chi connectivity index (χ1v) is 5.31. The van der Waals surface area contributed by atoms with E-state index in [4.69, 9.17) is 0 Å². The molecule has 0 spiro atoms. The van der Waals surface area contributed by atoms with Gasteiger partial charge in [-0.15, -0.1) is 0 Å². The summed E-state index contributed by atoms with van der Waals surface area (Å²) in [6, 6.07) is 7.70. The van der Waals surface area contributed by atoms with Gasteiger partial charge in [0.25, 0.3) is 0 Å². The van der Waals surface area contributed by atoms with Crippen molar-refractivity contribution >= 4 is 11.5 Å². The van der Waals surface area contributed by atoms with Crippen molar-refractivity contribution in [3.63, 3.8) is 0 Å². The monoisotopic (exact) mass is 225 g/mol. The minimum atomic E-state index is 0.815. The van der Waals surface area contributed by atoms with Crippen LogP contribution in [0.1, 0.15) is 0 Å². The minimum Gasteiger partial charge on any atom is -0.373 e. The molecule has 0 saturated carbocycles. The van der Waals surface area contributed by atoms with E-state index in [-0.39, 0.29) is 0 Å². The van der Waals surface area contributed by atoms with Gasteiger partial charge in [-0.05, 0) is 18.2 Å². The summed E-state index contributed by atoms with van der Waals surface area (Å²) < 4.78 is 1.78. The average molecular weight is 225 g/mol. The number of anilines is 1. The van der Waals surface area contributed by atoms with E-state index in [0.29, 0.717) is 0 Å². The first kappa shape index (κ1) is 9.77. The Morgan fingerprint density at radius 3 is 2.94 bits per heavy atom. The molecule has 0 unspecified atom stereocenters. The molecule has 0 saturated heterocycles. The fraction of sp³-hybridized carbons (Fsp3) is 0.0833. The second kappa shape index (κ2) is 3.86. The van der Waals surface area contributed by atoms with Crippen molar-refractivity contribution in [3.05, 3.63) is 42.9 Å². The van der Waals surface area contributed by atoms with Gasteiger partial charge in [0.05, 0.1) is 5.69 Å². The highest BCUT2D eigenvalue weighted by Crippen LogP contribution is 2.19.